The number of benzene rings is 2. The second-order valence-corrected chi connectivity index (χ2v) is 4.55. The highest BCUT2D eigenvalue weighted by atomic mass is 35.5. The maximum Gasteiger partial charge on any atom is 0.212 e. The monoisotopic (exact) mass is 289 g/mol. The van der Waals surface area contributed by atoms with Gasteiger partial charge in [-0.25, -0.2) is 4.57 Å². The fourth-order valence-corrected chi connectivity index (χ4v) is 2.52. The Morgan fingerprint density at radius 2 is 1.55 bits per heavy atom. The lowest BCUT2D eigenvalue weighted by Gasteiger charge is -2.09. The van der Waals surface area contributed by atoms with Crippen LogP contribution in [-0.4, -0.2) is 14.2 Å². The molecule has 0 unspecified atom stereocenters. The molecule has 0 radical (unpaired) electrons. The maximum atomic E-state index is 5.39. The average Bonchev–Trinajstić information content (AvgIpc) is 2.46. The Balaban J connectivity index is 0.00000147. The number of methoxy groups -OCH3 is 2. The standard InChI is InChI=1S/C16H16NO2.ClH/c1-17-10-11-8-15(18-2)16(19-3)9-13(11)12-6-4-5-7-14(12)17;/h4-10H,1-3H3;1H/q+1;/p-1. The minimum absolute atomic E-state index is 0. The molecule has 1 heterocycles. The quantitative estimate of drug-likeness (QED) is 0.483. The van der Waals surface area contributed by atoms with Crippen LogP contribution in [-0.2, 0) is 7.05 Å². The van der Waals surface area contributed by atoms with Gasteiger partial charge in [0.25, 0.3) is 0 Å². The summed E-state index contributed by atoms with van der Waals surface area (Å²) in [5, 5.41) is 3.52. The predicted octanol–water partition coefficient (Wildman–Crippen LogP) is -0.161. The summed E-state index contributed by atoms with van der Waals surface area (Å²) in [4.78, 5) is 0. The Morgan fingerprint density at radius 3 is 2.25 bits per heavy atom. The molecule has 3 aromatic rings. The molecule has 0 saturated carbocycles. The van der Waals surface area contributed by atoms with Crippen LogP contribution in [0.4, 0.5) is 0 Å². The van der Waals surface area contributed by atoms with Gasteiger partial charge in [0.2, 0.25) is 5.52 Å². The highest BCUT2D eigenvalue weighted by Crippen LogP contribution is 2.34. The van der Waals surface area contributed by atoms with Gasteiger partial charge >= 0.3 is 0 Å². The molecular weight excluding hydrogens is 274 g/mol. The van der Waals surface area contributed by atoms with E-state index in [1.165, 1.54) is 16.3 Å². The highest BCUT2D eigenvalue weighted by molar-refractivity contribution is 6.05. The van der Waals surface area contributed by atoms with Crippen molar-refractivity contribution in [3.8, 4) is 11.5 Å². The van der Waals surface area contributed by atoms with Crippen molar-refractivity contribution in [2.24, 2.45) is 7.05 Å². The number of aromatic nitrogens is 1. The highest BCUT2D eigenvalue weighted by Gasteiger charge is 2.13. The van der Waals surface area contributed by atoms with Gasteiger partial charge in [-0.1, -0.05) is 12.1 Å². The fourth-order valence-electron chi connectivity index (χ4n) is 2.52. The lowest BCUT2D eigenvalue weighted by atomic mass is 10.1. The van der Waals surface area contributed by atoms with Crippen LogP contribution in [0.1, 0.15) is 0 Å². The number of ether oxygens (including phenoxy) is 2. The number of hydrogen-bond donors (Lipinski definition) is 0. The van der Waals surface area contributed by atoms with Gasteiger partial charge in [-0.2, -0.15) is 0 Å². The van der Waals surface area contributed by atoms with Gasteiger partial charge in [0, 0.05) is 11.5 Å². The fraction of sp³-hybridized carbons (Fsp3) is 0.188. The molecule has 2 aromatic carbocycles. The van der Waals surface area contributed by atoms with Crippen molar-refractivity contribution in [3.05, 3.63) is 42.6 Å². The lowest BCUT2D eigenvalue weighted by molar-refractivity contribution is -0.643. The van der Waals surface area contributed by atoms with Gasteiger partial charge in [0.1, 0.15) is 7.05 Å². The lowest BCUT2D eigenvalue weighted by Crippen LogP contribution is -3.00. The molecule has 0 fully saturated rings. The topological polar surface area (TPSA) is 22.3 Å². The Kier molecular flexibility index (Phi) is 4.00. The van der Waals surface area contributed by atoms with Crippen LogP contribution < -0.4 is 26.4 Å². The molecule has 3 rings (SSSR count). The molecule has 0 aliphatic carbocycles. The number of aryl methyl sites for hydroxylation is 1. The minimum Gasteiger partial charge on any atom is -1.00 e. The van der Waals surface area contributed by atoms with E-state index in [0.29, 0.717) is 0 Å². The molecule has 0 aliphatic rings. The number of hydrogen-bond acceptors (Lipinski definition) is 2. The average molecular weight is 290 g/mol. The van der Waals surface area contributed by atoms with Crippen LogP contribution in [0.25, 0.3) is 21.7 Å². The van der Waals surface area contributed by atoms with Crippen molar-refractivity contribution >= 4 is 21.7 Å². The number of halogens is 1. The normalized spacial score (nSPS) is 10.3. The molecule has 20 heavy (non-hydrogen) atoms. The zero-order valence-electron chi connectivity index (χ0n) is 11.7. The van der Waals surface area contributed by atoms with Crippen LogP contribution >= 0.6 is 0 Å². The third-order valence-corrected chi connectivity index (χ3v) is 3.46. The minimum atomic E-state index is 0. The number of fused-ring (bicyclic) bond motifs is 3. The van der Waals surface area contributed by atoms with Crippen LogP contribution in [0.3, 0.4) is 0 Å². The number of rotatable bonds is 2. The van der Waals surface area contributed by atoms with E-state index in [9.17, 15) is 0 Å². The first-order valence-corrected chi connectivity index (χ1v) is 6.17. The molecule has 0 saturated heterocycles. The molecule has 0 bridgehead atoms. The molecular formula is C16H16ClNO2. The number of para-hydroxylation sites is 1. The summed E-state index contributed by atoms with van der Waals surface area (Å²) >= 11 is 0. The first-order valence-electron chi connectivity index (χ1n) is 6.17. The van der Waals surface area contributed by atoms with E-state index in [-0.39, 0.29) is 12.4 Å². The van der Waals surface area contributed by atoms with Crippen molar-refractivity contribution in [3.63, 3.8) is 0 Å². The van der Waals surface area contributed by atoms with E-state index in [1.807, 2.05) is 12.1 Å². The molecule has 1 aromatic heterocycles. The SMILES string of the molecule is COc1cc2c[n+](C)c3ccccc3c2cc1OC.[Cl-]. The molecule has 104 valence electrons. The van der Waals surface area contributed by atoms with Gasteiger partial charge in [-0.05, 0) is 18.2 Å². The molecule has 0 spiro atoms. The summed E-state index contributed by atoms with van der Waals surface area (Å²) in [5.74, 6) is 1.51. The molecule has 0 amide bonds. The van der Waals surface area contributed by atoms with Crippen molar-refractivity contribution in [2.75, 3.05) is 14.2 Å². The second-order valence-electron chi connectivity index (χ2n) is 4.55. The molecule has 0 aliphatic heterocycles. The Bertz CT molecular complexity index is 771. The Labute approximate surface area is 124 Å². The molecule has 4 heteroatoms. The summed E-state index contributed by atoms with van der Waals surface area (Å²) < 4.78 is 12.9. The summed E-state index contributed by atoms with van der Waals surface area (Å²) in [5.41, 5.74) is 1.20. The van der Waals surface area contributed by atoms with Crippen molar-refractivity contribution in [2.45, 2.75) is 0 Å². The summed E-state index contributed by atoms with van der Waals surface area (Å²) in [6.07, 6.45) is 2.11. The summed E-state index contributed by atoms with van der Waals surface area (Å²) in [6, 6.07) is 12.4. The number of pyridine rings is 1. The Morgan fingerprint density at radius 1 is 0.900 bits per heavy atom. The first kappa shape index (κ1) is 14.4. The third kappa shape index (κ3) is 2.14. The van der Waals surface area contributed by atoms with E-state index in [1.54, 1.807) is 14.2 Å². The Hall–Kier alpha value is -2.00. The number of nitrogens with zero attached hydrogens (tertiary/aromatic N) is 1. The second kappa shape index (κ2) is 5.55. The zero-order valence-corrected chi connectivity index (χ0v) is 12.4. The smallest absolute Gasteiger partial charge is 0.212 e. The summed E-state index contributed by atoms with van der Waals surface area (Å²) in [7, 11) is 5.37. The van der Waals surface area contributed by atoms with Gasteiger partial charge in [0.15, 0.2) is 17.7 Å². The van der Waals surface area contributed by atoms with Gasteiger partial charge < -0.3 is 21.9 Å². The van der Waals surface area contributed by atoms with Crippen LogP contribution in [0.5, 0.6) is 11.5 Å². The van der Waals surface area contributed by atoms with Crippen LogP contribution in [0.15, 0.2) is 42.6 Å². The van der Waals surface area contributed by atoms with E-state index < -0.39 is 0 Å². The van der Waals surface area contributed by atoms with E-state index >= 15 is 0 Å². The predicted molar refractivity (Wildman–Crippen MR) is 75.7 cm³/mol. The van der Waals surface area contributed by atoms with Crippen molar-refractivity contribution < 1.29 is 26.4 Å². The molecule has 0 atom stereocenters. The third-order valence-electron chi connectivity index (χ3n) is 3.46. The zero-order chi connectivity index (χ0) is 13.4. The van der Waals surface area contributed by atoms with Gasteiger partial charge in [0.05, 0.1) is 25.0 Å². The van der Waals surface area contributed by atoms with Crippen LogP contribution in [0, 0.1) is 0 Å². The maximum absolute atomic E-state index is 5.39. The van der Waals surface area contributed by atoms with Crippen LogP contribution in [0.2, 0.25) is 0 Å². The van der Waals surface area contributed by atoms with Crippen molar-refractivity contribution in [1.29, 1.82) is 0 Å². The van der Waals surface area contributed by atoms with Gasteiger partial charge in [-0.3, -0.25) is 0 Å². The van der Waals surface area contributed by atoms with E-state index in [4.69, 9.17) is 9.47 Å². The molecule has 0 N–H and O–H groups in total. The van der Waals surface area contributed by atoms with Crippen molar-refractivity contribution in [1.82, 2.24) is 0 Å². The first-order chi connectivity index (χ1) is 9.24. The van der Waals surface area contributed by atoms with Gasteiger partial charge in [-0.15, -0.1) is 0 Å². The summed E-state index contributed by atoms with van der Waals surface area (Å²) in [6.45, 7) is 0. The largest absolute Gasteiger partial charge is 1.00 e. The van der Waals surface area contributed by atoms with E-state index in [0.717, 1.165) is 16.9 Å². The molecule has 3 nitrogen and oxygen atoms in total. The van der Waals surface area contributed by atoms with E-state index in [2.05, 4.69) is 42.1 Å².